The van der Waals surface area contributed by atoms with Crippen molar-refractivity contribution in [1.82, 2.24) is 20.2 Å². The van der Waals surface area contributed by atoms with E-state index in [4.69, 9.17) is 25.8 Å². The summed E-state index contributed by atoms with van der Waals surface area (Å²) in [6.45, 7) is 2.32. The lowest BCUT2D eigenvalue weighted by Crippen LogP contribution is -2.04. The van der Waals surface area contributed by atoms with Crippen LogP contribution < -0.4 is 14.2 Å². The number of carbonyl (C=O) groups excluding carboxylic acids is 1. The smallest absolute Gasteiger partial charge is 0.336 e. The van der Waals surface area contributed by atoms with Gasteiger partial charge in [-0.1, -0.05) is 11.6 Å². The van der Waals surface area contributed by atoms with E-state index in [1.807, 2.05) is 6.92 Å². The number of esters is 1. The second-order valence-corrected chi connectivity index (χ2v) is 5.88. The third kappa shape index (κ3) is 4.66. The minimum absolute atomic E-state index is 0.396. The Hall–Kier alpha value is -3.39. The minimum atomic E-state index is -0.529. The molecule has 0 N–H and O–H groups in total. The molecule has 0 aliphatic carbocycles. The maximum atomic E-state index is 12.1. The van der Waals surface area contributed by atoms with E-state index in [1.54, 1.807) is 42.5 Å². The Kier molecular flexibility index (Phi) is 6.23. The maximum absolute atomic E-state index is 12.1. The lowest BCUT2D eigenvalue weighted by atomic mass is 10.2. The molecule has 0 saturated carbocycles. The average molecular weight is 401 g/mol. The highest BCUT2D eigenvalue weighted by Gasteiger charge is 2.11. The van der Waals surface area contributed by atoms with Crippen LogP contribution in [0.4, 0.5) is 0 Å². The molecule has 0 atom stereocenters. The number of benzene rings is 2. The summed E-state index contributed by atoms with van der Waals surface area (Å²) in [5, 5.41) is 11.3. The molecule has 8 nitrogen and oxygen atoms in total. The maximum Gasteiger partial charge on any atom is 0.336 e. The number of aromatic nitrogens is 4. The summed E-state index contributed by atoms with van der Waals surface area (Å²) in [4.78, 5) is 12.1. The first-order chi connectivity index (χ1) is 13.6. The summed E-state index contributed by atoms with van der Waals surface area (Å²) >= 11 is 6.22. The first-order valence-corrected chi connectivity index (χ1v) is 8.72. The summed E-state index contributed by atoms with van der Waals surface area (Å²) in [6.07, 6.45) is 4.36. The Bertz CT molecular complexity index is 972. The first kappa shape index (κ1) is 19.4. The van der Waals surface area contributed by atoms with Crippen molar-refractivity contribution in [2.24, 2.45) is 0 Å². The molecule has 9 heteroatoms. The minimum Gasteiger partial charge on any atom is -0.493 e. The van der Waals surface area contributed by atoms with E-state index in [-0.39, 0.29) is 0 Å². The van der Waals surface area contributed by atoms with Gasteiger partial charge in [0.25, 0.3) is 0 Å². The van der Waals surface area contributed by atoms with Crippen LogP contribution in [-0.4, -0.2) is 39.9 Å². The lowest BCUT2D eigenvalue weighted by molar-refractivity contribution is -0.128. The van der Waals surface area contributed by atoms with Crippen molar-refractivity contribution >= 4 is 23.6 Å². The number of rotatable bonds is 7. The van der Waals surface area contributed by atoms with Crippen molar-refractivity contribution in [3.8, 4) is 22.9 Å². The summed E-state index contributed by atoms with van der Waals surface area (Å²) in [5.74, 6) is 0.822. The van der Waals surface area contributed by atoms with E-state index >= 15 is 0 Å². The van der Waals surface area contributed by atoms with Crippen molar-refractivity contribution in [3.63, 3.8) is 0 Å². The van der Waals surface area contributed by atoms with Gasteiger partial charge >= 0.3 is 5.97 Å². The molecule has 3 rings (SSSR count). The van der Waals surface area contributed by atoms with E-state index in [0.717, 1.165) is 5.69 Å². The van der Waals surface area contributed by atoms with Gasteiger partial charge in [-0.2, -0.15) is 0 Å². The Labute approximate surface area is 166 Å². The van der Waals surface area contributed by atoms with Crippen molar-refractivity contribution in [2.75, 3.05) is 13.7 Å². The molecular formula is C19H17ClN4O4. The largest absolute Gasteiger partial charge is 0.493 e. The summed E-state index contributed by atoms with van der Waals surface area (Å²) in [5.41, 5.74) is 1.42. The van der Waals surface area contributed by atoms with Crippen LogP contribution in [-0.2, 0) is 4.79 Å². The molecule has 0 saturated heterocycles. The van der Waals surface area contributed by atoms with E-state index in [0.29, 0.717) is 34.4 Å². The van der Waals surface area contributed by atoms with Gasteiger partial charge in [0.15, 0.2) is 11.5 Å². The number of carbonyl (C=O) groups is 1. The van der Waals surface area contributed by atoms with Gasteiger partial charge in [-0.3, -0.25) is 0 Å². The third-order valence-electron chi connectivity index (χ3n) is 3.62. The fraction of sp³-hybridized carbons (Fsp3) is 0.158. The lowest BCUT2D eigenvalue weighted by Gasteiger charge is -2.11. The predicted molar refractivity (Wildman–Crippen MR) is 103 cm³/mol. The number of ether oxygens (including phenoxy) is 3. The van der Waals surface area contributed by atoms with Crippen LogP contribution >= 0.6 is 11.6 Å². The van der Waals surface area contributed by atoms with Crippen LogP contribution in [0.2, 0.25) is 5.02 Å². The van der Waals surface area contributed by atoms with Crippen molar-refractivity contribution in [3.05, 3.63) is 59.4 Å². The van der Waals surface area contributed by atoms with Gasteiger partial charge in [0.1, 0.15) is 12.1 Å². The van der Waals surface area contributed by atoms with Crippen LogP contribution in [0.25, 0.3) is 11.8 Å². The number of hydrogen-bond acceptors (Lipinski definition) is 7. The highest BCUT2D eigenvalue weighted by molar-refractivity contribution is 6.32. The second kappa shape index (κ2) is 9.01. The molecule has 0 unspecified atom stereocenters. The summed E-state index contributed by atoms with van der Waals surface area (Å²) < 4.78 is 17.5. The molecule has 2 aromatic carbocycles. The molecule has 0 bridgehead atoms. The number of halogens is 1. The van der Waals surface area contributed by atoms with Crippen LogP contribution in [0.15, 0.2) is 48.8 Å². The van der Waals surface area contributed by atoms with Gasteiger partial charge in [0.05, 0.1) is 24.4 Å². The van der Waals surface area contributed by atoms with E-state index < -0.39 is 5.97 Å². The SMILES string of the molecule is CCOc1c(Cl)cc(/C=C/C(=O)Oc2ccc(-n3cnnn3)cc2)cc1OC. The normalized spacial score (nSPS) is 10.8. The van der Waals surface area contributed by atoms with Crippen LogP contribution in [0.5, 0.6) is 17.2 Å². The zero-order chi connectivity index (χ0) is 19.9. The van der Waals surface area contributed by atoms with Gasteiger partial charge in [-0.15, -0.1) is 5.10 Å². The Morgan fingerprint density at radius 1 is 1.25 bits per heavy atom. The van der Waals surface area contributed by atoms with E-state index in [9.17, 15) is 4.79 Å². The van der Waals surface area contributed by atoms with Crippen molar-refractivity contribution < 1.29 is 19.0 Å². The fourth-order valence-corrected chi connectivity index (χ4v) is 2.66. The molecule has 144 valence electrons. The molecule has 0 radical (unpaired) electrons. The number of tetrazole rings is 1. The number of nitrogens with zero attached hydrogens (tertiary/aromatic N) is 4. The van der Waals surface area contributed by atoms with Gasteiger partial charge < -0.3 is 14.2 Å². The first-order valence-electron chi connectivity index (χ1n) is 8.34. The Morgan fingerprint density at radius 3 is 2.68 bits per heavy atom. The van der Waals surface area contributed by atoms with Crippen molar-refractivity contribution in [2.45, 2.75) is 6.92 Å². The van der Waals surface area contributed by atoms with Gasteiger partial charge in [0.2, 0.25) is 0 Å². The molecule has 3 aromatic rings. The molecular weight excluding hydrogens is 384 g/mol. The zero-order valence-corrected chi connectivity index (χ0v) is 16.0. The van der Waals surface area contributed by atoms with Crippen LogP contribution in [0, 0.1) is 0 Å². The predicted octanol–water partition coefficient (Wildman–Crippen LogP) is 3.34. The van der Waals surface area contributed by atoms with Crippen LogP contribution in [0.1, 0.15) is 12.5 Å². The van der Waals surface area contributed by atoms with Crippen molar-refractivity contribution in [1.29, 1.82) is 0 Å². The third-order valence-corrected chi connectivity index (χ3v) is 3.90. The summed E-state index contributed by atoms with van der Waals surface area (Å²) in [7, 11) is 1.52. The number of hydrogen-bond donors (Lipinski definition) is 0. The molecule has 0 aliphatic heterocycles. The Balaban J connectivity index is 1.67. The Morgan fingerprint density at radius 2 is 2.04 bits per heavy atom. The quantitative estimate of drug-likeness (QED) is 0.341. The zero-order valence-electron chi connectivity index (χ0n) is 15.2. The van der Waals surface area contributed by atoms with E-state index in [2.05, 4.69) is 15.5 Å². The van der Waals surface area contributed by atoms with Crippen LogP contribution in [0.3, 0.4) is 0 Å². The van der Waals surface area contributed by atoms with Gasteiger partial charge in [-0.25, -0.2) is 9.48 Å². The highest BCUT2D eigenvalue weighted by Crippen LogP contribution is 2.36. The molecule has 1 aromatic heterocycles. The molecule has 28 heavy (non-hydrogen) atoms. The molecule has 0 amide bonds. The molecule has 0 spiro atoms. The molecule has 1 heterocycles. The average Bonchev–Trinajstić information content (AvgIpc) is 3.23. The standard InChI is InChI=1S/C19H17ClN4O4/c1-3-27-19-16(20)10-13(11-17(19)26-2)4-9-18(25)28-15-7-5-14(6-8-15)24-12-21-22-23-24/h4-12H,3H2,1-2H3/b9-4+. The highest BCUT2D eigenvalue weighted by atomic mass is 35.5. The number of methoxy groups -OCH3 is 1. The van der Waals surface area contributed by atoms with Gasteiger partial charge in [-0.05, 0) is 65.4 Å². The topological polar surface area (TPSA) is 88.4 Å². The van der Waals surface area contributed by atoms with Gasteiger partial charge in [0, 0.05) is 6.08 Å². The monoisotopic (exact) mass is 400 g/mol. The molecule has 0 aliphatic rings. The van der Waals surface area contributed by atoms with E-state index in [1.165, 1.54) is 24.2 Å². The molecule has 0 fully saturated rings. The fourth-order valence-electron chi connectivity index (χ4n) is 2.38. The summed E-state index contributed by atoms with van der Waals surface area (Å²) in [6, 6.07) is 10.2. The second-order valence-electron chi connectivity index (χ2n) is 5.47.